The molecule has 0 aliphatic heterocycles. The molecular formula is C15H21NO2. The van der Waals surface area contributed by atoms with Gasteiger partial charge in [-0.1, -0.05) is 43.2 Å². The van der Waals surface area contributed by atoms with E-state index in [1.54, 1.807) is 0 Å². The summed E-state index contributed by atoms with van der Waals surface area (Å²) in [5, 5.41) is 12.8. The second-order valence-corrected chi connectivity index (χ2v) is 5.03. The van der Waals surface area contributed by atoms with Crippen LogP contribution in [0.2, 0.25) is 0 Å². The van der Waals surface area contributed by atoms with Crippen LogP contribution in [0, 0.1) is 0 Å². The van der Waals surface area contributed by atoms with Gasteiger partial charge in [0.15, 0.2) is 0 Å². The first-order chi connectivity index (χ1) is 8.75. The van der Waals surface area contributed by atoms with E-state index < -0.39 is 6.10 Å². The van der Waals surface area contributed by atoms with Crippen LogP contribution in [0.5, 0.6) is 0 Å². The number of aliphatic hydroxyl groups is 1. The second-order valence-electron chi connectivity index (χ2n) is 5.03. The number of hydrogen-bond acceptors (Lipinski definition) is 2. The lowest BCUT2D eigenvalue weighted by Gasteiger charge is -2.15. The van der Waals surface area contributed by atoms with Gasteiger partial charge in [-0.15, -0.1) is 0 Å². The smallest absolute Gasteiger partial charge is 0.249 e. The van der Waals surface area contributed by atoms with E-state index in [2.05, 4.69) is 5.32 Å². The number of rotatable bonds is 5. The third-order valence-electron chi connectivity index (χ3n) is 3.55. The molecule has 1 aromatic carbocycles. The number of amides is 1. The van der Waals surface area contributed by atoms with Crippen molar-refractivity contribution in [3.05, 3.63) is 35.9 Å². The van der Waals surface area contributed by atoms with Crippen LogP contribution in [-0.2, 0) is 11.2 Å². The van der Waals surface area contributed by atoms with E-state index >= 15 is 0 Å². The molecule has 1 aromatic rings. The first-order valence-corrected chi connectivity index (χ1v) is 6.78. The third kappa shape index (κ3) is 3.84. The third-order valence-corrected chi connectivity index (χ3v) is 3.55. The van der Waals surface area contributed by atoms with E-state index in [0.29, 0.717) is 6.42 Å². The highest BCUT2D eigenvalue weighted by atomic mass is 16.3. The molecule has 1 unspecified atom stereocenters. The Balaban J connectivity index is 1.73. The van der Waals surface area contributed by atoms with Crippen LogP contribution in [0.1, 0.15) is 37.7 Å². The van der Waals surface area contributed by atoms with E-state index in [1.807, 2.05) is 30.3 Å². The van der Waals surface area contributed by atoms with Crippen molar-refractivity contribution >= 4 is 5.91 Å². The maximum atomic E-state index is 11.8. The highest BCUT2D eigenvalue weighted by Gasteiger charge is 2.21. The summed E-state index contributed by atoms with van der Waals surface area (Å²) in [7, 11) is 0. The molecule has 0 aromatic heterocycles. The van der Waals surface area contributed by atoms with Crippen molar-refractivity contribution in [2.75, 3.05) is 0 Å². The van der Waals surface area contributed by atoms with E-state index in [-0.39, 0.29) is 11.9 Å². The van der Waals surface area contributed by atoms with Gasteiger partial charge in [0.1, 0.15) is 6.10 Å². The lowest BCUT2D eigenvalue weighted by molar-refractivity contribution is -0.130. The number of carbonyl (C=O) groups is 1. The van der Waals surface area contributed by atoms with Crippen molar-refractivity contribution in [1.82, 2.24) is 5.32 Å². The summed E-state index contributed by atoms with van der Waals surface area (Å²) in [6, 6.07) is 10.2. The average molecular weight is 247 g/mol. The second kappa shape index (κ2) is 6.55. The molecule has 1 amide bonds. The van der Waals surface area contributed by atoms with E-state index in [1.165, 1.54) is 12.8 Å². The Morgan fingerprint density at radius 2 is 1.94 bits per heavy atom. The predicted octanol–water partition coefficient (Wildman–Crippen LogP) is 2.04. The zero-order valence-electron chi connectivity index (χ0n) is 10.6. The molecular weight excluding hydrogens is 226 g/mol. The van der Waals surface area contributed by atoms with Gasteiger partial charge in [-0.3, -0.25) is 4.79 Å². The van der Waals surface area contributed by atoms with Gasteiger partial charge in [-0.05, 0) is 31.2 Å². The fourth-order valence-electron chi connectivity index (χ4n) is 2.45. The Morgan fingerprint density at radius 1 is 1.28 bits per heavy atom. The maximum absolute atomic E-state index is 11.8. The lowest BCUT2D eigenvalue weighted by Crippen LogP contribution is -2.40. The van der Waals surface area contributed by atoms with Gasteiger partial charge in [0.2, 0.25) is 5.91 Å². The van der Waals surface area contributed by atoms with Crippen molar-refractivity contribution in [3.8, 4) is 0 Å². The van der Waals surface area contributed by atoms with Crippen LogP contribution in [0.25, 0.3) is 0 Å². The highest BCUT2D eigenvalue weighted by molar-refractivity contribution is 5.80. The first-order valence-electron chi connectivity index (χ1n) is 6.78. The molecule has 2 rings (SSSR count). The zero-order chi connectivity index (χ0) is 12.8. The molecule has 1 atom stereocenters. The normalized spacial score (nSPS) is 17.6. The van der Waals surface area contributed by atoms with Crippen LogP contribution in [-0.4, -0.2) is 23.2 Å². The quantitative estimate of drug-likeness (QED) is 0.836. The van der Waals surface area contributed by atoms with E-state index in [0.717, 1.165) is 24.8 Å². The highest BCUT2D eigenvalue weighted by Crippen LogP contribution is 2.17. The fourth-order valence-corrected chi connectivity index (χ4v) is 2.45. The standard InChI is InChI=1S/C15H21NO2/c17-14(11-10-12-6-2-1-3-7-12)15(18)16-13-8-4-5-9-13/h1-3,6-7,13-14,17H,4-5,8-11H2,(H,16,18). The van der Waals surface area contributed by atoms with Crippen LogP contribution >= 0.6 is 0 Å². The minimum atomic E-state index is -0.884. The molecule has 3 heteroatoms. The number of aliphatic hydroxyl groups excluding tert-OH is 1. The van der Waals surface area contributed by atoms with Gasteiger partial charge in [0, 0.05) is 6.04 Å². The predicted molar refractivity (Wildman–Crippen MR) is 71.2 cm³/mol. The average Bonchev–Trinajstić information content (AvgIpc) is 2.90. The summed E-state index contributed by atoms with van der Waals surface area (Å²) in [6.07, 6.45) is 4.82. The van der Waals surface area contributed by atoms with Gasteiger partial charge in [-0.25, -0.2) is 0 Å². The summed E-state index contributed by atoms with van der Waals surface area (Å²) < 4.78 is 0. The van der Waals surface area contributed by atoms with E-state index in [4.69, 9.17) is 0 Å². The number of benzene rings is 1. The summed E-state index contributed by atoms with van der Waals surface area (Å²) in [5.74, 6) is -0.210. The SMILES string of the molecule is O=C(NC1CCCC1)C(O)CCc1ccccc1. The molecule has 0 heterocycles. The van der Waals surface area contributed by atoms with Crippen LogP contribution < -0.4 is 5.32 Å². The minimum Gasteiger partial charge on any atom is -0.383 e. The number of aryl methyl sites for hydroxylation is 1. The van der Waals surface area contributed by atoms with Crippen molar-refractivity contribution in [3.63, 3.8) is 0 Å². The number of carbonyl (C=O) groups excluding carboxylic acids is 1. The Labute approximate surface area is 108 Å². The zero-order valence-corrected chi connectivity index (χ0v) is 10.6. The van der Waals surface area contributed by atoms with Gasteiger partial charge in [0.25, 0.3) is 0 Å². The van der Waals surface area contributed by atoms with Gasteiger partial charge in [-0.2, -0.15) is 0 Å². The van der Waals surface area contributed by atoms with Crippen molar-refractivity contribution in [2.45, 2.75) is 50.7 Å². The monoisotopic (exact) mass is 247 g/mol. The molecule has 0 bridgehead atoms. The number of nitrogens with one attached hydrogen (secondary N) is 1. The van der Waals surface area contributed by atoms with Gasteiger partial charge >= 0.3 is 0 Å². The fraction of sp³-hybridized carbons (Fsp3) is 0.533. The van der Waals surface area contributed by atoms with Crippen LogP contribution in [0.15, 0.2) is 30.3 Å². The number of hydrogen-bond donors (Lipinski definition) is 2. The molecule has 18 heavy (non-hydrogen) atoms. The van der Waals surface area contributed by atoms with Crippen molar-refractivity contribution < 1.29 is 9.90 Å². The minimum absolute atomic E-state index is 0.210. The van der Waals surface area contributed by atoms with Crippen LogP contribution in [0.4, 0.5) is 0 Å². The van der Waals surface area contributed by atoms with E-state index in [9.17, 15) is 9.90 Å². The topological polar surface area (TPSA) is 49.3 Å². The molecule has 1 aliphatic rings. The molecule has 0 radical (unpaired) electrons. The summed E-state index contributed by atoms with van der Waals surface area (Å²) >= 11 is 0. The molecule has 1 saturated carbocycles. The Bertz CT molecular complexity index is 371. The molecule has 0 saturated heterocycles. The molecule has 2 N–H and O–H groups in total. The molecule has 3 nitrogen and oxygen atoms in total. The molecule has 98 valence electrons. The Kier molecular flexibility index (Phi) is 4.76. The maximum Gasteiger partial charge on any atom is 0.249 e. The van der Waals surface area contributed by atoms with Gasteiger partial charge in [0.05, 0.1) is 0 Å². The summed E-state index contributed by atoms with van der Waals surface area (Å²) in [5.41, 5.74) is 1.16. The van der Waals surface area contributed by atoms with Crippen LogP contribution in [0.3, 0.4) is 0 Å². The Morgan fingerprint density at radius 3 is 2.61 bits per heavy atom. The lowest BCUT2D eigenvalue weighted by atomic mass is 10.1. The summed E-state index contributed by atoms with van der Waals surface area (Å²) in [4.78, 5) is 11.8. The first kappa shape index (κ1) is 13.1. The van der Waals surface area contributed by atoms with Crippen molar-refractivity contribution in [1.29, 1.82) is 0 Å². The molecule has 1 fully saturated rings. The largest absolute Gasteiger partial charge is 0.383 e. The Hall–Kier alpha value is -1.35. The summed E-state index contributed by atoms with van der Waals surface area (Å²) in [6.45, 7) is 0. The van der Waals surface area contributed by atoms with Crippen molar-refractivity contribution in [2.24, 2.45) is 0 Å². The molecule has 1 aliphatic carbocycles. The van der Waals surface area contributed by atoms with Gasteiger partial charge < -0.3 is 10.4 Å². The molecule has 0 spiro atoms.